The van der Waals surface area contributed by atoms with E-state index < -0.39 is 24.0 Å². The molecule has 0 radical (unpaired) electrons. The lowest BCUT2D eigenvalue weighted by molar-refractivity contribution is -0.125. The maximum Gasteiger partial charge on any atom is 0.387 e. The first-order chi connectivity index (χ1) is 21.7. The molecule has 10 nitrogen and oxygen atoms in total. The first-order valence-corrected chi connectivity index (χ1v) is 14.6. The lowest BCUT2D eigenvalue weighted by atomic mass is 9.97. The fourth-order valence-electron chi connectivity index (χ4n) is 5.28. The van der Waals surface area contributed by atoms with Crippen molar-refractivity contribution in [1.29, 1.82) is 0 Å². The molecule has 0 spiro atoms. The number of alkyl halides is 2. The molecule has 1 atom stereocenters. The van der Waals surface area contributed by atoms with Gasteiger partial charge in [-0.2, -0.15) is 13.2 Å². The maximum atomic E-state index is 14.8. The number of fused-ring (bicyclic) bond motifs is 1. The van der Waals surface area contributed by atoms with Crippen molar-refractivity contribution < 1.29 is 31.9 Å². The number of piperidine rings is 1. The molecule has 4 N–H and O–H groups in total. The van der Waals surface area contributed by atoms with Crippen molar-refractivity contribution >= 4 is 29.0 Å². The summed E-state index contributed by atoms with van der Waals surface area (Å²) < 4.78 is 59.8. The highest BCUT2D eigenvalue weighted by Gasteiger charge is 2.23. The molecular weight excluding hydrogens is 594 g/mol. The van der Waals surface area contributed by atoms with E-state index in [4.69, 9.17) is 0 Å². The number of amides is 2. The number of benzene rings is 2. The van der Waals surface area contributed by atoms with Crippen molar-refractivity contribution in [3.63, 3.8) is 0 Å². The Morgan fingerprint density at radius 3 is 2.62 bits per heavy atom. The summed E-state index contributed by atoms with van der Waals surface area (Å²) >= 11 is 0. The molecule has 1 unspecified atom stereocenters. The van der Waals surface area contributed by atoms with Gasteiger partial charge in [0.1, 0.15) is 0 Å². The molecule has 5 rings (SSSR count). The van der Waals surface area contributed by atoms with Crippen LogP contribution in [0.2, 0.25) is 0 Å². The number of halogens is 4. The zero-order valence-electron chi connectivity index (χ0n) is 24.7. The number of carbonyl (C=O) groups is 2. The Kier molecular flexibility index (Phi) is 9.81. The number of carbonyl (C=O) groups excluding carboxylic acids is 2. The van der Waals surface area contributed by atoms with Crippen molar-refractivity contribution in [1.82, 2.24) is 30.3 Å². The van der Waals surface area contributed by atoms with Gasteiger partial charge in [0.05, 0.1) is 11.9 Å². The van der Waals surface area contributed by atoms with Crippen LogP contribution in [-0.4, -0.2) is 58.5 Å². The quantitative estimate of drug-likeness (QED) is 0.176. The molecule has 1 aliphatic rings. The molecule has 1 saturated heterocycles. The number of hydrogen-bond acceptors (Lipinski definition) is 7. The van der Waals surface area contributed by atoms with Crippen LogP contribution in [-0.2, 0) is 11.2 Å². The van der Waals surface area contributed by atoms with E-state index in [-0.39, 0.29) is 35.0 Å². The van der Waals surface area contributed by atoms with E-state index in [1.807, 2.05) is 19.9 Å². The molecule has 0 saturated carbocycles. The summed E-state index contributed by atoms with van der Waals surface area (Å²) in [5.41, 5.74) is 2.12. The van der Waals surface area contributed by atoms with Crippen LogP contribution in [0.3, 0.4) is 0 Å². The van der Waals surface area contributed by atoms with Crippen LogP contribution >= 0.6 is 0 Å². The highest BCUT2D eigenvalue weighted by atomic mass is 19.3. The van der Waals surface area contributed by atoms with Gasteiger partial charge in [-0.3, -0.25) is 14.0 Å². The molecule has 0 aliphatic carbocycles. The van der Waals surface area contributed by atoms with Crippen molar-refractivity contribution in [3.05, 3.63) is 71.7 Å². The van der Waals surface area contributed by atoms with E-state index in [9.17, 15) is 27.2 Å². The minimum Gasteiger partial charge on any atom is -0.432 e. The van der Waals surface area contributed by atoms with Gasteiger partial charge in [-0.1, -0.05) is 6.92 Å². The molecule has 14 heteroatoms. The molecule has 2 aromatic carbocycles. The van der Waals surface area contributed by atoms with Gasteiger partial charge in [0.15, 0.2) is 23.0 Å². The fourth-order valence-corrected chi connectivity index (χ4v) is 5.28. The van der Waals surface area contributed by atoms with E-state index in [1.54, 1.807) is 12.1 Å². The topological polar surface area (TPSA) is 122 Å². The largest absolute Gasteiger partial charge is 0.432 e. The standard InChI is InChI=1S/C31H33F4N7O3/c1-3-18-14-20(4-5-21(18)30(44)40-17(2)15-39-29(43)19-8-10-36-11-9-19)41-27-28-38-16-23(42(28)13-12-37-27)22-6-7-24(45-31(34)35)26(33)25(22)32/h4-7,12-14,16-17,19,31,36H,3,8-11,15H2,1-2H3,(H,37,41)(H,39,43)(H,40,44). The summed E-state index contributed by atoms with van der Waals surface area (Å²) in [6.07, 6.45) is 6.41. The van der Waals surface area contributed by atoms with Gasteiger partial charge in [-0.05, 0) is 75.2 Å². The van der Waals surface area contributed by atoms with Crippen molar-refractivity contribution in [2.24, 2.45) is 5.92 Å². The maximum absolute atomic E-state index is 14.8. The number of aryl methyl sites for hydroxylation is 1. The monoisotopic (exact) mass is 627 g/mol. The number of imidazole rings is 1. The predicted octanol–water partition coefficient (Wildman–Crippen LogP) is 4.82. The molecule has 2 aromatic heterocycles. The molecule has 2 amide bonds. The Labute approximate surface area is 256 Å². The van der Waals surface area contributed by atoms with E-state index in [1.165, 1.54) is 23.0 Å². The second-order valence-corrected chi connectivity index (χ2v) is 10.7. The number of aromatic nitrogens is 3. The summed E-state index contributed by atoms with van der Waals surface area (Å²) in [5.74, 6) is -3.77. The van der Waals surface area contributed by atoms with Crippen LogP contribution in [0.1, 0.15) is 42.6 Å². The average molecular weight is 628 g/mol. The Balaban J connectivity index is 1.29. The molecule has 4 aromatic rings. The van der Waals surface area contributed by atoms with Crippen LogP contribution in [0.5, 0.6) is 5.75 Å². The minimum absolute atomic E-state index is 0.00478. The van der Waals surface area contributed by atoms with Crippen LogP contribution < -0.4 is 26.0 Å². The number of anilines is 2. The third-order valence-corrected chi connectivity index (χ3v) is 7.63. The number of nitrogens with zero attached hydrogens (tertiary/aromatic N) is 3. The van der Waals surface area contributed by atoms with Gasteiger partial charge in [0.25, 0.3) is 5.91 Å². The summed E-state index contributed by atoms with van der Waals surface area (Å²) in [7, 11) is 0. The van der Waals surface area contributed by atoms with Crippen molar-refractivity contribution in [3.8, 4) is 17.0 Å². The van der Waals surface area contributed by atoms with E-state index in [0.717, 1.165) is 43.6 Å². The number of hydrogen-bond donors (Lipinski definition) is 4. The third-order valence-electron chi connectivity index (χ3n) is 7.63. The zero-order chi connectivity index (χ0) is 32.1. The summed E-state index contributed by atoms with van der Waals surface area (Å²) in [5, 5.41) is 12.3. The fraction of sp³-hybridized carbons (Fsp3) is 0.355. The second kappa shape index (κ2) is 13.9. The van der Waals surface area contributed by atoms with Crippen molar-refractivity contribution in [2.75, 3.05) is 25.0 Å². The van der Waals surface area contributed by atoms with Gasteiger partial charge in [0.2, 0.25) is 11.7 Å². The van der Waals surface area contributed by atoms with Gasteiger partial charge >= 0.3 is 6.61 Å². The lowest BCUT2D eigenvalue weighted by Crippen LogP contribution is -2.45. The van der Waals surface area contributed by atoms with Crippen LogP contribution in [0, 0.1) is 17.6 Å². The molecule has 1 fully saturated rings. The lowest BCUT2D eigenvalue weighted by Gasteiger charge is -2.23. The Bertz CT molecular complexity index is 1690. The van der Waals surface area contributed by atoms with Gasteiger partial charge < -0.3 is 26.0 Å². The molecule has 0 bridgehead atoms. The summed E-state index contributed by atoms with van der Waals surface area (Å²) in [4.78, 5) is 34.2. The Morgan fingerprint density at radius 2 is 1.89 bits per heavy atom. The van der Waals surface area contributed by atoms with Crippen LogP contribution in [0.25, 0.3) is 16.9 Å². The Morgan fingerprint density at radius 1 is 1.11 bits per heavy atom. The molecule has 3 heterocycles. The van der Waals surface area contributed by atoms with E-state index >= 15 is 0 Å². The van der Waals surface area contributed by atoms with E-state index in [2.05, 4.69) is 36.0 Å². The number of ether oxygens (including phenoxy) is 1. The predicted molar refractivity (Wildman–Crippen MR) is 160 cm³/mol. The average Bonchev–Trinajstić information content (AvgIpc) is 3.47. The normalized spacial score (nSPS) is 14.4. The van der Waals surface area contributed by atoms with Gasteiger partial charge in [-0.15, -0.1) is 0 Å². The Hall–Kier alpha value is -4.72. The van der Waals surface area contributed by atoms with Gasteiger partial charge in [0, 0.05) is 47.7 Å². The third kappa shape index (κ3) is 7.17. The summed E-state index contributed by atoms with van der Waals surface area (Å²) in [6.45, 7) is 2.42. The first kappa shape index (κ1) is 31.7. The highest BCUT2D eigenvalue weighted by molar-refractivity contribution is 5.96. The summed E-state index contributed by atoms with van der Waals surface area (Å²) in [6, 6.07) is 6.99. The first-order valence-electron chi connectivity index (χ1n) is 14.6. The smallest absolute Gasteiger partial charge is 0.387 e. The van der Waals surface area contributed by atoms with Crippen LogP contribution in [0.4, 0.5) is 29.1 Å². The minimum atomic E-state index is -3.30. The molecule has 45 heavy (non-hydrogen) atoms. The number of nitrogens with one attached hydrogen (secondary N) is 4. The SMILES string of the molecule is CCc1cc(Nc2nccn3c(-c4ccc(OC(F)F)c(F)c4F)cnc23)ccc1C(=O)NC(C)CNC(=O)C1CCNCC1. The van der Waals surface area contributed by atoms with Crippen LogP contribution in [0.15, 0.2) is 48.9 Å². The highest BCUT2D eigenvalue weighted by Crippen LogP contribution is 2.32. The molecule has 238 valence electrons. The second-order valence-electron chi connectivity index (χ2n) is 10.7. The van der Waals surface area contributed by atoms with E-state index in [0.29, 0.717) is 35.7 Å². The van der Waals surface area contributed by atoms with Crippen molar-refractivity contribution in [2.45, 2.75) is 45.8 Å². The molecular formula is C31H33F4N7O3. The van der Waals surface area contributed by atoms with Gasteiger partial charge in [-0.25, -0.2) is 14.4 Å². The zero-order valence-corrected chi connectivity index (χ0v) is 24.7. The number of rotatable bonds is 11. The molecule has 1 aliphatic heterocycles.